The van der Waals surface area contributed by atoms with Crippen molar-refractivity contribution >= 4 is 0 Å². The van der Waals surface area contributed by atoms with Gasteiger partial charge in [0.2, 0.25) is 0 Å². The maximum atomic E-state index is 11.9. The van der Waals surface area contributed by atoms with Gasteiger partial charge in [-0.15, -0.1) is 0 Å². The van der Waals surface area contributed by atoms with Gasteiger partial charge in [0, 0.05) is 0 Å². The molecule has 2 fully saturated rings. The Morgan fingerprint density at radius 3 is 1.48 bits per heavy atom. The molecule has 31 heavy (non-hydrogen) atoms. The van der Waals surface area contributed by atoms with Crippen LogP contribution in [0.15, 0.2) is 36.4 Å². The van der Waals surface area contributed by atoms with Gasteiger partial charge in [0.25, 0.3) is 0 Å². The Hall–Kier alpha value is -1.76. The van der Waals surface area contributed by atoms with Gasteiger partial charge in [0.15, 0.2) is 0 Å². The first-order valence-electron chi connectivity index (χ1n) is 11.1. The molecule has 2 aromatic carbocycles. The standard InChI is InChI=1S/C26H34O5/c1-6-11-23(28)21(19-9-7-15(2)17(4)12-19)26(31)24(29,14-27)22(25(23,26)30)20-10-8-16(3)18(5)13-20/h7-10,12-13,21-22,27-31H,6,11,14H2,1-5H3/t21?,22?,23?,24-,25-,26-/m0/s1. The molecular formula is C26H34O5. The minimum atomic E-state index is -2.08. The fraction of sp³-hybridized carbons (Fsp3) is 0.538. The second kappa shape index (κ2) is 6.87. The van der Waals surface area contributed by atoms with Crippen LogP contribution < -0.4 is 0 Å². The lowest BCUT2D eigenvalue weighted by Gasteiger charge is -2.83. The van der Waals surface area contributed by atoms with E-state index in [1.54, 1.807) is 6.07 Å². The van der Waals surface area contributed by atoms with Gasteiger partial charge in [0.05, 0.1) is 18.4 Å². The molecule has 4 rings (SSSR count). The van der Waals surface area contributed by atoms with E-state index in [0.717, 1.165) is 22.3 Å². The molecule has 0 bridgehead atoms. The summed E-state index contributed by atoms with van der Waals surface area (Å²) < 4.78 is 0. The minimum Gasteiger partial charge on any atom is -0.393 e. The average Bonchev–Trinajstić information content (AvgIpc) is 2.72. The molecule has 5 nitrogen and oxygen atoms in total. The first-order valence-corrected chi connectivity index (χ1v) is 11.1. The van der Waals surface area contributed by atoms with Crippen LogP contribution in [-0.4, -0.2) is 54.5 Å². The first-order chi connectivity index (χ1) is 14.4. The molecular weight excluding hydrogens is 392 g/mol. The van der Waals surface area contributed by atoms with Crippen LogP contribution in [0.1, 0.15) is 65.0 Å². The highest BCUT2D eigenvalue weighted by Crippen LogP contribution is 2.79. The third-order valence-corrected chi connectivity index (χ3v) is 8.29. The fourth-order valence-corrected chi connectivity index (χ4v) is 6.43. The molecule has 0 aliphatic heterocycles. The predicted octanol–water partition coefficient (Wildman–Crippen LogP) is 2.53. The summed E-state index contributed by atoms with van der Waals surface area (Å²) in [7, 11) is 0. The molecule has 6 atom stereocenters. The quantitative estimate of drug-likeness (QED) is 0.506. The molecule has 0 radical (unpaired) electrons. The van der Waals surface area contributed by atoms with Crippen molar-refractivity contribution < 1.29 is 25.5 Å². The summed E-state index contributed by atoms with van der Waals surface area (Å²) in [6.07, 6.45) is 0.847. The largest absolute Gasteiger partial charge is 0.393 e. The summed E-state index contributed by atoms with van der Waals surface area (Å²) in [6, 6.07) is 11.2. The molecule has 0 spiro atoms. The van der Waals surface area contributed by atoms with Crippen LogP contribution in [0.5, 0.6) is 0 Å². The number of benzene rings is 2. The van der Waals surface area contributed by atoms with E-state index in [-0.39, 0.29) is 6.42 Å². The molecule has 0 heterocycles. The van der Waals surface area contributed by atoms with Gasteiger partial charge in [-0.3, -0.25) is 0 Å². The number of rotatable bonds is 5. The SMILES string of the molecule is CCCC1(O)C(c2ccc(C)c(C)c2)[C@]2(O)[C@](O)(CO)C(c3ccc(C)c(C)c3)[C@]12O. The van der Waals surface area contributed by atoms with E-state index in [1.807, 2.05) is 65.0 Å². The summed E-state index contributed by atoms with van der Waals surface area (Å²) in [6.45, 7) is 9.01. The number of aliphatic hydroxyl groups excluding tert-OH is 1. The highest BCUT2D eigenvalue weighted by molar-refractivity contribution is 5.59. The van der Waals surface area contributed by atoms with Crippen LogP contribution in [0.2, 0.25) is 0 Å². The summed E-state index contributed by atoms with van der Waals surface area (Å²) >= 11 is 0. The minimum absolute atomic E-state index is 0.256. The van der Waals surface area contributed by atoms with E-state index >= 15 is 0 Å². The smallest absolute Gasteiger partial charge is 0.138 e. The van der Waals surface area contributed by atoms with Gasteiger partial charge >= 0.3 is 0 Å². The van der Waals surface area contributed by atoms with Crippen LogP contribution in [0.3, 0.4) is 0 Å². The normalized spacial score (nSPS) is 38.9. The van der Waals surface area contributed by atoms with Crippen LogP contribution >= 0.6 is 0 Å². The molecule has 2 saturated carbocycles. The second-order valence-electron chi connectivity index (χ2n) is 9.84. The van der Waals surface area contributed by atoms with Crippen LogP contribution in [0.4, 0.5) is 0 Å². The zero-order valence-corrected chi connectivity index (χ0v) is 19.0. The van der Waals surface area contributed by atoms with E-state index in [0.29, 0.717) is 17.5 Å². The lowest BCUT2D eigenvalue weighted by atomic mass is 9.26. The molecule has 2 aliphatic carbocycles. The Morgan fingerprint density at radius 1 is 0.677 bits per heavy atom. The molecule has 0 saturated heterocycles. The molecule has 5 heteroatoms. The molecule has 5 N–H and O–H groups in total. The highest BCUT2D eigenvalue weighted by Gasteiger charge is 2.96. The van der Waals surface area contributed by atoms with Gasteiger partial charge in [-0.05, 0) is 67.5 Å². The van der Waals surface area contributed by atoms with Gasteiger partial charge in [-0.2, -0.15) is 0 Å². The Balaban J connectivity index is 1.91. The number of aliphatic hydroxyl groups is 5. The Kier molecular flexibility index (Phi) is 4.97. The van der Waals surface area contributed by atoms with E-state index in [4.69, 9.17) is 0 Å². The zero-order chi connectivity index (χ0) is 23.0. The number of hydrogen-bond acceptors (Lipinski definition) is 5. The monoisotopic (exact) mass is 426 g/mol. The molecule has 168 valence electrons. The maximum absolute atomic E-state index is 11.9. The van der Waals surface area contributed by atoms with Gasteiger partial charge in [0.1, 0.15) is 22.4 Å². The lowest BCUT2D eigenvalue weighted by molar-refractivity contribution is -0.481. The summed E-state index contributed by atoms with van der Waals surface area (Å²) in [5, 5.41) is 57.5. The third kappa shape index (κ3) is 2.39. The van der Waals surface area contributed by atoms with E-state index in [2.05, 4.69) is 0 Å². The molecule has 2 aliphatic rings. The molecule has 0 aromatic heterocycles. The molecule has 2 aromatic rings. The summed E-state index contributed by atoms with van der Waals surface area (Å²) in [4.78, 5) is 0. The molecule has 3 unspecified atom stereocenters. The highest BCUT2D eigenvalue weighted by atomic mass is 16.5. The first kappa shape index (κ1) is 22.4. The predicted molar refractivity (Wildman–Crippen MR) is 119 cm³/mol. The maximum Gasteiger partial charge on any atom is 0.138 e. The van der Waals surface area contributed by atoms with Crippen molar-refractivity contribution in [3.8, 4) is 0 Å². The zero-order valence-electron chi connectivity index (χ0n) is 19.0. The number of aryl methyl sites for hydroxylation is 4. The van der Waals surface area contributed by atoms with Crippen LogP contribution in [0.25, 0.3) is 0 Å². The van der Waals surface area contributed by atoms with E-state index in [1.165, 1.54) is 0 Å². The lowest BCUT2D eigenvalue weighted by Crippen LogP contribution is -3.02. The van der Waals surface area contributed by atoms with Crippen molar-refractivity contribution in [3.05, 3.63) is 69.8 Å². The molecule has 0 amide bonds. The van der Waals surface area contributed by atoms with Crippen molar-refractivity contribution in [1.82, 2.24) is 0 Å². The van der Waals surface area contributed by atoms with Crippen molar-refractivity contribution in [3.63, 3.8) is 0 Å². The van der Waals surface area contributed by atoms with Crippen LogP contribution in [-0.2, 0) is 0 Å². The average molecular weight is 427 g/mol. The Morgan fingerprint density at radius 2 is 1.10 bits per heavy atom. The Labute approximate surface area is 184 Å². The van der Waals surface area contributed by atoms with E-state index < -0.39 is 40.8 Å². The fourth-order valence-electron chi connectivity index (χ4n) is 6.43. The van der Waals surface area contributed by atoms with Crippen molar-refractivity contribution in [2.24, 2.45) is 0 Å². The number of hydrogen-bond donors (Lipinski definition) is 5. The summed E-state index contributed by atoms with van der Waals surface area (Å²) in [5.74, 6) is -1.95. The second-order valence-corrected chi connectivity index (χ2v) is 9.84. The van der Waals surface area contributed by atoms with Gasteiger partial charge in [-0.25, -0.2) is 0 Å². The van der Waals surface area contributed by atoms with Crippen molar-refractivity contribution in [1.29, 1.82) is 0 Å². The van der Waals surface area contributed by atoms with Crippen molar-refractivity contribution in [2.75, 3.05) is 6.61 Å². The third-order valence-electron chi connectivity index (χ3n) is 8.29. The van der Waals surface area contributed by atoms with Gasteiger partial charge in [-0.1, -0.05) is 49.7 Å². The van der Waals surface area contributed by atoms with Gasteiger partial charge < -0.3 is 25.5 Å². The Bertz CT molecular complexity index is 1030. The number of fused-ring (bicyclic) bond motifs is 1. The van der Waals surface area contributed by atoms with E-state index in [9.17, 15) is 25.5 Å². The van der Waals surface area contributed by atoms with Crippen LogP contribution in [0, 0.1) is 27.7 Å². The van der Waals surface area contributed by atoms with Crippen molar-refractivity contribution in [2.45, 2.75) is 81.7 Å². The topological polar surface area (TPSA) is 101 Å². The summed E-state index contributed by atoms with van der Waals surface area (Å²) in [5.41, 5.74) is -2.37.